The zero-order valence-electron chi connectivity index (χ0n) is 15.7. The van der Waals surface area contributed by atoms with Crippen molar-refractivity contribution in [3.8, 4) is 0 Å². The van der Waals surface area contributed by atoms with Crippen LogP contribution in [0.3, 0.4) is 0 Å². The lowest BCUT2D eigenvalue weighted by Crippen LogP contribution is -2.16. The molecule has 150 valence electrons. The number of Topliss-reactive ketones (excluding diaryl/α,β-unsaturated/α-hetero) is 1. The smallest absolute Gasteiger partial charge is 0.337 e. The van der Waals surface area contributed by atoms with Gasteiger partial charge in [0, 0.05) is 17.5 Å². The highest BCUT2D eigenvalue weighted by atomic mass is 16.4. The molecule has 0 atom stereocenters. The van der Waals surface area contributed by atoms with E-state index in [-0.39, 0.29) is 34.6 Å². The monoisotopic (exact) mass is 403 g/mol. The summed E-state index contributed by atoms with van der Waals surface area (Å²) in [5, 5.41) is 20.8. The van der Waals surface area contributed by atoms with Gasteiger partial charge in [0.05, 0.1) is 16.8 Å². The fourth-order valence-electron chi connectivity index (χ4n) is 2.85. The van der Waals surface area contributed by atoms with Crippen LogP contribution in [0.1, 0.15) is 47.0 Å². The number of carbonyl (C=O) groups is 4. The molecule has 1 amide bonds. The first-order valence-corrected chi connectivity index (χ1v) is 8.94. The fourth-order valence-corrected chi connectivity index (χ4v) is 2.85. The van der Waals surface area contributed by atoms with E-state index in [2.05, 4.69) is 5.32 Å². The van der Waals surface area contributed by atoms with Crippen LogP contribution < -0.4 is 5.32 Å². The van der Waals surface area contributed by atoms with Gasteiger partial charge in [0.2, 0.25) is 0 Å². The first kappa shape index (κ1) is 20.5. The quantitative estimate of drug-likeness (QED) is 0.517. The van der Waals surface area contributed by atoms with Crippen molar-refractivity contribution in [1.29, 1.82) is 0 Å². The van der Waals surface area contributed by atoms with Gasteiger partial charge in [0.25, 0.3) is 5.91 Å². The van der Waals surface area contributed by atoms with Gasteiger partial charge in [-0.3, -0.25) is 9.59 Å². The Morgan fingerprint density at radius 1 is 0.700 bits per heavy atom. The summed E-state index contributed by atoms with van der Waals surface area (Å²) in [6.07, 6.45) is 0.176. The maximum atomic E-state index is 12.5. The van der Waals surface area contributed by atoms with Gasteiger partial charge >= 0.3 is 11.9 Å². The molecule has 0 spiro atoms. The average Bonchev–Trinajstić information content (AvgIpc) is 2.74. The molecule has 3 aromatic rings. The van der Waals surface area contributed by atoms with Crippen molar-refractivity contribution in [2.45, 2.75) is 6.42 Å². The highest BCUT2D eigenvalue weighted by Crippen LogP contribution is 2.20. The zero-order chi connectivity index (χ0) is 21.7. The number of hydrogen-bond donors (Lipinski definition) is 3. The predicted molar refractivity (Wildman–Crippen MR) is 109 cm³/mol. The molecule has 3 aromatic carbocycles. The van der Waals surface area contributed by atoms with Crippen LogP contribution in [-0.4, -0.2) is 33.8 Å². The number of carboxylic acid groups (broad SMARTS) is 2. The Kier molecular flexibility index (Phi) is 6.03. The summed E-state index contributed by atoms with van der Waals surface area (Å²) >= 11 is 0. The molecule has 30 heavy (non-hydrogen) atoms. The summed E-state index contributed by atoms with van der Waals surface area (Å²) in [6.45, 7) is 0. The van der Waals surface area contributed by atoms with Gasteiger partial charge in [-0.2, -0.15) is 0 Å². The van der Waals surface area contributed by atoms with E-state index in [1.54, 1.807) is 36.4 Å². The summed E-state index contributed by atoms with van der Waals surface area (Å²) in [4.78, 5) is 47.3. The van der Waals surface area contributed by atoms with Crippen molar-refractivity contribution in [2.24, 2.45) is 0 Å². The predicted octanol–water partition coefficient (Wildman–Crippen LogP) is 3.76. The lowest BCUT2D eigenvalue weighted by molar-refractivity contribution is 0.0682. The SMILES string of the molecule is O=C(O)c1ccc(C(=O)O)c(NC(=O)c2ccc(CC(=O)c3ccccc3)cc2)c1. The van der Waals surface area contributed by atoms with Crippen LogP contribution in [0.25, 0.3) is 0 Å². The summed E-state index contributed by atoms with van der Waals surface area (Å²) in [6, 6.07) is 18.5. The Bertz CT molecular complexity index is 1120. The maximum Gasteiger partial charge on any atom is 0.337 e. The number of carboxylic acids is 2. The molecule has 7 nitrogen and oxygen atoms in total. The Labute approximate surface area is 171 Å². The molecule has 0 saturated heterocycles. The molecule has 0 unspecified atom stereocenters. The number of benzene rings is 3. The largest absolute Gasteiger partial charge is 0.478 e. The Morgan fingerprint density at radius 2 is 1.33 bits per heavy atom. The summed E-state index contributed by atoms with van der Waals surface area (Å²) < 4.78 is 0. The summed E-state index contributed by atoms with van der Waals surface area (Å²) in [5.41, 5.74) is 1.07. The minimum absolute atomic E-state index is 0.0515. The third-order valence-electron chi connectivity index (χ3n) is 4.42. The highest BCUT2D eigenvalue weighted by Gasteiger charge is 2.16. The number of carbonyl (C=O) groups excluding carboxylic acids is 2. The van der Waals surface area contributed by atoms with Crippen molar-refractivity contribution >= 4 is 29.3 Å². The van der Waals surface area contributed by atoms with Crippen LogP contribution in [0.5, 0.6) is 0 Å². The van der Waals surface area contributed by atoms with Gasteiger partial charge in [-0.25, -0.2) is 9.59 Å². The number of rotatable bonds is 7. The highest BCUT2D eigenvalue weighted by molar-refractivity contribution is 6.08. The fraction of sp³-hybridized carbons (Fsp3) is 0.0435. The van der Waals surface area contributed by atoms with E-state index in [0.29, 0.717) is 5.56 Å². The van der Waals surface area contributed by atoms with E-state index in [1.165, 1.54) is 12.1 Å². The van der Waals surface area contributed by atoms with E-state index in [4.69, 9.17) is 5.11 Å². The lowest BCUT2D eigenvalue weighted by Gasteiger charge is -2.10. The van der Waals surface area contributed by atoms with Crippen LogP contribution in [-0.2, 0) is 6.42 Å². The first-order valence-electron chi connectivity index (χ1n) is 8.94. The second-order valence-corrected chi connectivity index (χ2v) is 6.49. The second-order valence-electron chi connectivity index (χ2n) is 6.49. The number of nitrogens with one attached hydrogen (secondary N) is 1. The van der Waals surface area contributed by atoms with Gasteiger partial charge in [0.15, 0.2) is 5.78 Å². The summed E-state index contributed by atoms with van der Waals surface area (Å²) in [5.74, 6) is -3.18. The van der Waals surface area contributed by atoms with Crippen LogP contribution in [0, 0.1) is 0 Å². The molecule has 0 aliphatic heterocycles. The van der Waals surface area contributed by atoms with Gasteiger partial charge < -0.3 is 15.5 Å². The minimum atomic E-state index is -1.29. The van der Waals surface area contributed by atoms with Gasteiger partial charge in [-0.05, 0) is 35.9 Å². The molecule has 0 radical (unpaired) electrons. The molecule has 0 fully saturated rings. The number of amides is 1. The average molecular weight is 403 g/mol. The van der Waals surface area contributed by atoms with Crippen molar-refractivity contribution < 1.29 is 29.4 Å². The Balaban J connectivity index is 1.75. The van der Waals surface area contributed by atoms with E-state index in [9.17, 15) is 24.3 Å². The van der Waals surface area contributed by atoms with Crippen LogP contribution >= 0.6 is 0 Å². The topological polar surface area (TPSA) is 121 Å². The molecule has 0 bridgehead atoms. The van der Waals surface area contributed by atoms with E-state index < -0.39 is 17.8 Å². The molecule has 3 N–H and O–H groups in total. The van der Waals surface area contributed by atoms with E-state index >= 15 is 0 Å². The zero-order valence-corrected chi connectivity index (χ0v) is 15.7. The number of hydrogen-bond acceptors (Lipinski definition) is 4. The lowest BCUT2D eigenvalue weighted by atomic mass is 10.0. The molecule has 0 aliphatic carbocycles. The Hall–Kier alpha value is -4.26. The molecule has 0 aliphatic rings. The molecule has 0 heterocycles. The summed E-state index contributed by atoms with van der Waals surface area (Å²) in [7, 11) is 0. The number of ketones is 1. The molecule has 0 saturated carbocycles. The molecular formula is C23H17NO6. The van der Waals surface area contributed by atoms with Crippen LogP contribution in [0.2, 0.25) is 0 Å². The molecular weight excluding hydrogens is 386 g/mol. The maximum absolute atomic E-state index is 12.5. The molecule has 0 aromatic heterocycles. The standard InChI is InChI=1S/C23H17NO6/c25-20(15-4-2-1-3-5-15)12-14-6-8-16(9-7-14)21(26)24-19-13-17(22(27)28)10-11-18(19)23(29)30/h1-11,13H,12H2,(H,24,26)(H,27,28)(H,29,30). The first-order chi connectivity index (χ1) is 14.3. The third kappa shape index (κ3) is 4.77. The van der Waals surface area contributed by atoms with Crippen molar-refractivity contribution in [3.63, 3.8) is 0 Å². The van der Waals surface area contributed by atoms with E-state index in [0.717, 1.165) is 23.8 Å². The normalized spacial score (nSPS) is 10.3. The van der Waals surface area contributed by atoms with E-state index in [1.807, 2.05) is 6.07 Å². The Morgan fingerprint density at radius 3 is 1.93 bits per heavy atom. The second kappa shape index (κ2) is 8.83. The molecule has 7 heteroatoms. The van der Waals surface area contributed by atoms with Crippen LogP contribution in [0.15, 0.2) is 72.8 Å². The third-order valence-corrected chi connectivity index (χ3v) is 4.42. The van der Waals surface area contributed by atoms with Gasteiger partial charge in [-0.15, -0.1) is 0 Å². The van der Waals surface area contributed by atoms with Crippen molar-refractivity contribution in [1.82, 2.24) is 0 Å². The van der Waals surface area contributed by atoms with Crippen molar-refractivity contribution in [3.05, 3.63) is 101 Å². The van der Waals surface area contributed by atoms with Gasteiger partial charge in [0.1, 0.15) is 0 Å². The minimum Gasteiger partial charge on any atom is -0.478 e. The van der Waals surface area contributed by atoms with Crippen LogP contribution in [0.4, 0.5) is 5.69 Å². The van der Waals surface area contributed by atoms with Gasteiger partial charge in [-0.1, -0.05) is 42.5 Å². The molecule has 3 rings (SSSR count). The number of anilines is 1. The van der Waals surface area contributed by atoms with Crippen molar-refractivity contribution in [2.75, 3.05) is 5.32 Å². The number of aromatic carboxylic acids is 2.